The van der Waals surface area contributed by atoms with Crippen LogP contribution < -0.4 is 5.32 Å². The van der Waals surface area contributed by atoms with E-state index in [1.165, 1.54) is 6.08 Å². The smallest absolute Gasteiger partial charge is 0.331 e. The van der Waals surface area contributed by atoms with E-state index in [9.17, 15) is 9.59 Å². The summed E-state index contributed by atoms with van der Waals surface area (Å²) < 4.78 is 5.18. The van der Waals surface area contributed by atoms with Crippen molar-refractivity contribution in [2.45, 2.75) is 33.8 Å². The van der Waals surface area contributed by atoms with Crippen LogP contribution in [0.5, 0.6) is 0 Å². The van der Waals surface area contributed by atoms with Crippen molar-refractivity contribution >= 4 is 23.6 Å². The molecule has 1 N–H and O–H groups in total. The van der Waals surface area contributed by atoms with Crippen molar-refractivity contribution in [3.05, 3.63) is 70.8 Å². The van der Waals surface area contributed by atoms with E-state index in [2.05, 4.69) is 5.32 Å². The topological polar surface area (TPSA) is 55.4 Å². The maximum Gasteiger partial charge on any atom is 0.331 e. The summed E-state index contributed by atoms with van der Waals surface area (Å²) in [6.45, 7) is 7.38. The van der Waals surface area contributed by atoms with Crippen LogP contribution in [0.3, 0.4) is 0 Å². The lowest BCUT2D eigenvalue weighted by Crippen LogP contribution is -2.30. The molecule has 0 spiro atoms. The lowest BCUT2D eigenvalue weighted by Gasteiger charge is -2.15. The molecule has 2 aromatic rings. The Kier molecular flexibility index (Phi) is 6.12. The van der Waals surface area contributed by atoms with E-state index in [4.69, 9.17) is 4.74 Å². The molecule has 130 valence electrons. The number of benzene rings is 2. The number of aryl methyl sites for hydroxylation is 3. The average molecular weight is 337 g/mol. The van der Waals surface area contributed by atoms with Crippen molar-refractivity contribution in [1.29, 1.82) is 0 Å². The van der Waals surface area contributed by atoms with Crippen molar-refractivity contribution in [2.24, 2.45) is 0 Å². The molecule has 0 saturated heterocycles. The maximum atomic E-state index is 12.3. The zero-order valence-corrected chi connectivity index (χ0v) is 15.0. The monoisotopic (exact) mass is 337 g/mol. The Morgan fingerprint density at radius 2 is 1.68 bits per heavy atom. The van der Waals surface area contributed by atoms with Gasteiger partial charge in [-0.25, -0.2) is 4.79 Å². The number of amides is 1. The molecule has 0 fully saturated rings. The molecule has 0 aliphatic rings. The van der Waals surface area contributed by atoms with Gasteiger partial charge in [-0.2, -0.15) is 0 Å². The van der Waals surface area contributed by atoms with E-state index < -0.39 is 12.1 Å². The third-order valence-corrected chi connectivity index (χ3v) is 3.85. The molecule has 0 bridgehead atoms. The summed E-state index contributed by atoms with van der Waals surface area (Å²) in [6, 6.07) is 13.5. The zero-order chi connectivity index (χ0) is 18.4. The van der Waals surface area contributed by atoms with Crippen LogP contribution in [0.4, 0.5) is 5.69 Å². The summed E-state index contributed by atoms with van der Waals surface area (Å²) in [7, 11) is 0. The average Bonchev–Trinajstić information content (AvgIpc) is 2.56. The number of hydrogen-bond acceptors (Lipinski definition) is 3. The van der Waals surface area contributed by atoms with Gasteiger partial charge in [-0.05, 0) is 50.5 Å². The van der Waals surface area contributed by atoms with Gasteiger partial charge in [-0.15, -0.1) is 0 Å². The second-order valence-electron chi connectivity index (χ2n) is 6.08. The Morgan fingerprint density at radius 1 is 1.04 bits per heavy atom. The minimum Gasteiger partial charge on any atom is -0.449 e. The number of rotatable bonds is 5. The predicted octanol–water partition coefficient (Wildman–Crippen LogP) is 4.20. The molecular weight excluding hydrogens is 314 g/mol. The van der Waals surface area contributed by atoms with Crippen molar-refractivity contribution in [3.8, 4) is 0 Å². The number of carbonyl (C=O) groups is 2. The second-order valence-corrected chi connectivity index (χ2v) is 6.08. The SMILES string of the molecule is Cc1cccc(/C=C/C(=O)O[C@H](C)C(=O)Nc2c(C)cccc2C)c1. The van der Waals surface area contributed by atoms with E-state index in [1.807, 2.05) is 63.2 Å². The molecule has 1 atom stereocenters. The summed E-state index contributed by atoms with van der Waals surface area (Å²) >= 11 is 0. The van der Waals surface area contributed by atoms with E-state index in [0.717, 1.165) is 27.9 Å². The molecular formula is C21H23NO3. The van der Waals surface area contributed by atoms with E-state index in [0.29, 0.717) is 0 Å². The molecule has 2 rings (SSSR count). The molecule has 0 aliphatic heterocycles. The van der Waals surface area contributed by atoms with Crippen molar-refractivity contribution in [3.63, 3.8) is 0 Å². The van der Waals surface area contributed by atoms with Gasteiger partial charge in [-0.1, -0.05) is 48.0 Å². The van der Waals surface area contributed by atoms with Gasteiger partial charge in [0.1, 0.15) is 0 Å². The Bertz CT molecular complexity index is 788. The lowest BCUT2D eigenvalue weighted by atomic mass is 10.1. The summed E-state index contributed by atoms with van der Waals surface area (Å²) in [5.41, 5.74) is 4.70. The number of nitrogens with one attached hydrogen (secondary N) is 1. The van der Waals surface area contributed by atoms with Crippen LogP contribution >= 0.6 is 0 Å². The van der Waals surface area contributed by atoms with Crippen LogP contribution in [0.15, 0.2) is 48.5 Å². The number of ether oxygens (including phenoxy) is 1. The molecule has 4 heteroatoms. The summed E-state index contributed by atoms with van der Waals surface area (Å²) in [4.78, 5) is 24.2. The van der Waals surface area contributed by atoms with Gasteiger partial charge in [0.05, 0.1) is 0 Å². The standard InChI is InChI=1S/C21H23NO3/c1-14-7-5-10-18(13-14)11-12-19(23)25-17(4)21(24)22-20-15(2)8-6-9-16(20)3/h5-13,17H,1-4H3,(H,22,24)/b12-11+/t17-/m1/s1. The Balaban J connectivity index is 1.95. The quantitative estimate of drug-likeness (QED) is 0.657. The normalized spacial score (nSPS) is 12.0. The maximum absolute atomic E-state index is 12.3. The highest BCUT2D eigenvalue weighted by Gasteiger charge is 2.18. The first-order valence-electron chi connectivity index (χ1n) is 8.19. The highest BCUT2D eigenvalue weighted by molar-refractivity contribution is 5.97. The summed E-state index contributed by atoms with van der Waals surface area (Å²) in [5, 5.41) is 2.82. The minimum atomic E-state index is -0.881. The fourth-order valence-corrected chi connectivity index (χ4v) is 2.44. The number of hydrogen-bond donors (Lipinski definition) is 1. The molecule has 0 unspecified atom stereocenters. The third-order valence-electron chi connectivity index (χ3n) is 3.85. The van der Waals surface area contributed by atoms with Crippen LogP contribution in [-0.4, -0.2) is 18.0 Å². The number of para-hydroxylation sites is 1. The fourth-order valence-electron chi connectivity index (χ4n) is 2.44. The van der Waals surface area contributed by atoms with E-state index >= 15 is 0 Å². The zero-order valence-electron chi connectivity index (χ0n) is 15.0. The summed E-state index contributed by atoms with van der Waals surface area (Å²) in [6.07, 6.45) is 2.12. The Morgan fingerprint density at radius 3 is 2.32 bits per heavy atom. The first-order chi connectivity index (χ1) is 11.9. The van der Waals surface area contributed by atoms with E-state index in [-0.39, 0.29) is 5.91 Å². The predicted molar refractivity (Wildman–Crippen MR) is 100 cm³/mol. The van der Waals surface area contributed by atoms with Crippen LogP contribution in [0, 0.1) is 20.8 Å². The van der Waals surface area contributed by atoms with Gasteiger partial charge < -0.3 is 10.1 Å². The van der Waals surface area contributed by atoms with Gasteiger partial charge in [0.15, 0.2) is 6.10 Å². The van der Waals surface area contributed by atoms with Crippen molar-refractivity contribution in [2.75, 3.05) is 5.32 Å². The van der Waals surface area contributed by atoms with Gasteiger partial charge >= 0.3 is 5.97 Å². The largest absolute Gasteiger partial charge is 0.449 e. The van der Waals surface area contributed by atoms with Crippen LogP contribution in [0.25, 0.3) is 6.08 Å². The fraction of sp³-hybridized carbons (Fsp3) is 0.238. The molecule has 0 aliphatic carbocycles. The molecule has 4 nitrogen and oxygen atoms in total. The molecule has 0 aromatic heterocycles. The highest BCUT2D eigenvalue weighted by Crippen LogP contribution is 2.19. The van der Waals surface area contributed by atoms with Gasteiger partial charge in [0, 0.05) is 11.8 Å². The number of carbonyl (C=O) groups excluding carboxylic acids is 2. The van der Waals surface area contributed by atoms with Crippen LogP contribution in [0.1, 0.15) is 29.2 Å². The third kappa shape index (κ3) is 5.31. The first kappa shape index (κ1) is 18.5. The minimum absolute atomic E-state index is 0.352. The molecule has 0 saturated carbocycles. The van der Waals surface area contributed by atoms with Gasteiger partial charge in [0.25, 0.3) is 5.91 Å². The number of anilines is 1. The highest BCUT2D eigenvalue weighted by atomic mass is 16.5. The second kappa shape index (κ2) is 8.29. The summed E-state index contributed by atoms with van der Waals surface area (Å²) in [5.74, 6) is -0.902. The van der Waals surface area contributed by atoms with Gasteiger partial charge in [0.2, 0.25) is 0 Å². The molecule has 0 radical (unpaired) electrons. The molecule has 1 amide bonds. The van der Waals surface area contributed by atoms with Crippen molar-refractivity contribution in [1.82, 2.24) is 0 Å². The number of esters is 1. The van der Waals surface area contributed by atoms with Crippen LogP contribution in [0.2, 0.25) is 0 Å². The molecule has 2 aromatic carbocycles. The Hall–Kier alpha value is -2.88. The van der Waals surface area contributed by atoms with Crippen LogP contribution in [-0.2, 0) is 14.3 Å². The van der Waals surface area contributed by atoms with Crippen molar-refractivity contribution < 1.29 is 14.3 Å². The Labute approximate surface area is 148 Å². The molecule has 0 heterocycles. The lowest BCUT2D eigenvalue weighted by molar-refractivity contribution is -0.148. The first-order valence-corrected chi connectivity index (χ1v) is 8.19. The van der Waals surface area contributed by atoms with Gasteiger partial charge in [-0.3, -0.25) is 4.79 Å². The van der Waals surface area contributed by atoms with E-state index in [1.54, 1.807) is 13.0 Å². The molecule has 25 heavy (non-hydrogen) atoms.